The Morgan fingerprint density at radius 3 is 2.53 bits per heavy atom. The first kappa shape index (κ1) is 21.8. The number of hydrazone groups is 1. The molecule has 0 saturated heterocycles. The van der Waals surface area contributed by atoms with Crippen LogP contribution in [0, 0.1) is 5.82 Å². The van der Waals surface area contributed by atoms with Crippen molar-refractivity contribution >= 4 is 39.3 Å². The molecule has 0 aromatic heterocycles. The maximum atomic E-state index is 13.9. The van der Waals surface area contributed by atoms with Gasteiger partial charge in [0.05, 0.1) is 28.6 Å². The van der Waals surface area contributed by atoms with Crippen LogP contribution in [0.3, 0.4) is 0 Å². The van der Waals surface area contributed by atoms with E-state index in [1.54, 1.807) is 37.3 Å². The van der Waals surface area contributed by atoms with Crippen LogP contribution in [-0.2, 0) is 11.4 Å². The number of nitrogens with zero attached hydrogens (tertiary/aromatic N) is 2. The van der Waals surface area contributed by atoms with E-state index in [1.807, 2.05) is 36.4 Å². The lowest BCUT2D eigenvalue weighted by Crippen LogP contribution is -2.21. The fourth-order valence-corrected chi connectivity index (χ4v) is 3.90. The lowest BCUT2D eigenvalue weighted by Gasteiger charge is -2.14. The van der Waals surface area contributed by atoms with Gasteiger partial charge in [0, 0.05) is 5.56 Å². The average molecular weight is 495 g/mol. The number of para-hydroxylation sites is 1. The van der Waals surface area contributed by atoms with Crippen LogP contribution >= 0.6 is 15.9 Å². The fraction of sp³-hybridized carbons (Fsp3) is 0.120. The van der Waals surface area contributed by atoms with E-state index >= 15 is 0 Å². The van der Waals surface area contributed by atoms with E-state index in [9.17, 15) is 9.18 Å². The van der Waals surface area contributed by atoms with Gasteiger partial charge in [0.1, 0.15) is 12.4 Å². The molecule has 162 valence electrons. The van der Waals surface area contributed by atoms with Crippen LogP contribution < -0.4 is 14.5 Å². The second kappa shape index (κ2) is 9.36. The molecule has 1 aliphatic rings. The molecule has 7 heteroatoms. The minimum atomic E-state index is -0.332. The van der Waals surface area contributed by atoms with E-state index in [0.29, 0.717) is 38.5 Å². The molecule has 0 bridgehead atoms. The Morgan fingerprint density at radius 2 is 1.81 bits per heavy atom. The Kier molecular flexibility index (Phi) is 6.37. The Balaban J connectivity index is 1.60. The molecule has 0 radical (unpaired) electrons. The van der Waals surface area contributed by atoms with Crippen molar-refractivity contribution in [3.63, 3.8) is 0 Å². The second-order valence-electron chi connectivity index (χ2n) is 7.11. The monoisotopic (exact) mass is 494 g/mol. The molecule has 4 rings (SSSR count). The summed E-state index contributed by atoms with van der Waals surface area (Å²) in [6.45, 7) is 1.85. The first-order valence-corrected chi connectivity index (χ1v) is 10.7. The van der Waals surface area contributed by atoms with E-state index in [0.717, 1.165) is 5.56 Å². The zero-order valence-electron chi connectivity index (χ0n) is 17.5. The SMILES string of the molecule is COc1cc(/C=C2\C(=O)N(c3ccccc3)N=C2C)cc(Br)c1OCc1ccccc1F. The van der Waals surface area contributed by atoms with Gasteiger partial charge in [0.15, 0.2) is 11.5 Å². The summed E-state index contributed by atoms with van der Waals surface area (Å²) in [5, 5.41) is 5.79. The predicted molar refractivity (Wildman–Crippen MR) is 126 cm³/mol. The zero-order chi connectivity index (χ0) is 22.7. The Bertz CT molecular complexity index is 1230. The van der Waals surface area contributed by atoms with Gasteiger partial charge in [-0.25, -0.2) is 4.39 Å². The summed E-state index contributed by atoms with van der Waals surface area (Å²) in [4.78, 5) is 13.0. The van der Waals surface area contributed by atoms with Crippen molar-refractivity contribution in [1.82, 2.24) is 0 Å². The number of ether oxygens (including phenoxy) is 2. The van der Waals surface area contributed by atoms with E-state index in [1.165, 1.54) is 18.2 Å². The van der Waals surface area contributed by atoms with Crippen molar-refractivity contribution in [3.8, 4) is 11.5 Å². The van der Waals surface area contributed by atoms with Gasteiger partial charge in [0.25, 0.3) is 5.91 Å². The number of carbonyl (C=O) groups is 1. The highest BCUT2D eigenvalue weighted by atomic mass is 79.9. The van der Waals surface area contributed by atoms with E-state index in [-0.39, 0.29) is 18.3 Å². The molecule has 1 aliphatic heterocycles. The number of anilines is 1. The minimum absolute atomic E-state index is 0.0539. The summed E-state index contributed by atoms with van der Waals surface area (Å²) in [5.41, 5.74) is 2.99. The van der Waals surface area contributed by atoms with E-state index in [2.05, 4.69) is 21.0 Å². The topological polar surface area (TPSA) is 51.1 Å². The summed E-state index contributed by atoms with van der Waals surface area (Å²) in [7, 11) is 1.53. The van der Waals surface area contributed by atoms with Crippen LogP contribution in [0.25, 0.3) is 6.08 Å². The van der Waals surface area contributed by atoms with Crippen LogP contribution in [0.4, 0.5) is 10.1 Å². The third-order valence-corrected chi connectivity index (χ3v) is 5.54. The van der Waals surface area contributed by atoms with Crippen LogP contribution in [0.5, 0.6) is 11.5 Å². The molecule has 0 atom stereocenters. The Labute approximate surface area is 193 Å². The van der Waals surface area contributed by atoms with Crippen molar-refractivity contribution in [2.24, 2.45) is 5.10 Å². The molecule has 0 fully saturated rings. The highest BCUT2D eigenvalue weighted by molar-refractivity contribution is 9.10. The number of rotatable bonds is 6. The van der Waals surface area contributed by atoms with Gasteiger partial charge in [0.2, 0.25) is 0 Å². The van der Waals surface area contributed by atoms with Crippen molar-refractivity contribution in [1.29, 1.82) is 0 Å². The molecule has 3 aromatic carbocycles. The van der Waals surface area contributed by atoms with Crippen LogP contribution in [0.15, 0.2) is 81.9 Å². The molecule has 0 aliphatic carbocycles. The molecular formula is C25H20BrFN2O3. The summed E-state index contributed by atoms with van der Waals surface area (Å²) in [6.07, 6.45) is 1.76. The highest BCUT2D eigenvalue weighted by Gasteiger charge is 2.28. The van der Waals surface area contributed by atoms with Crippen molar-refractivity contribution in [3.05, 3.63) is 93.7 Å². The Morgan fingerprint density at radius 1 is 1.09 bits per heavy atom. The van der Waals surface area contributed by atoms with Gasteiger partial charge in [-0.2, -0.15) is 10.1 Å². The highest BCUT2D eigenvalue weighted by Crippen LogP contribution is 2.38. The smallest absolute Gasteiger partial charge is 0.280 e. The molecule has 0 saturated carbocycles. The molecule has 5 nitrogen and oxygen atoms in total. The van der Waals surface area contributed by atoms with Crippen molar-refractivity contribution in [2.45, 2.75) is 13.5 Å². The number of carbonyl (C=O) groups excluding carboxylic acids is 1. The molecule has 1 heterocycles. The molecule has 0 N–H and O–H groups in total. The maximum absolute atomic E-state index is 13.9. The standard InChI is InChI=1S/C25H20BrFN2O3/c1-16-20(25(30)29(28-16)19-9-4-3-5-10-19)12-17-13-21(26)24(23(14-17)31-2)32-15-18-8-6-7-11-22(18)27/h3-14H,15H2,1-2H3/b20-12-. The normalized spacial score (nSPS) is 14.6. The van der Waals surface area contributed by atoms with Gasteiger partial charge in [-0.3, -0.25) is 4.79 Å². The lowest BCUT2D eigenvalue weighted by atomic mass is 10.1. The number of benzene rings is 3. The zero-order valence-corrected chi connectivity index (χ0v) is 19.1. The van der Waals surface area contributed by atoms with Gasteiger partial charge in [-0.1, -0.05) is 36.4 Å². The van der Waals surface area contributed by atoms with Crippen LogP contribution in [0.1, 0.15) is 18.1 Å². The summed E-state index contributed by atoms with van der Waals surface area (Å²) in [5.74, 6) is 0.375. The summed E-state index contributed by atoms with van der Waals surface area (Å²) in [6, 6.07) is 19.3. The quantitative estimate of drug-likeness (QED) is 0.396. The molecule has 3 aromatic rings. The van der Waals surface area contributed by atoms with Gasteiger partial charge < -0.3 is 9.47 Å². The maximum Gasteiger partial charge on any atom is 0.280 e. The fourth-order valence-electron chi connectivity index (χ4n) is 3.32. The number of hydrogen-bond donors (Lipinski definition) is 0. The van der Waals surface area contributed by atoms with Crippen LogP contribution in [0.2, 0.25) is 0 Å². The second-order valence-corrected chi connectivity index (χ2v) is 7.96. The first-order chi connectivity index (χ1) is 15.5. The predicted octanol–water partition coefficient (Wildman–Crippen LogP) is 5.98. The average Bonchev–Trinajstić information content (AvgIpc) is 3.08. The van der Waals surface area contributed by atoms with Gasteiger partial charge >= 0.3 is 0 Å². The van der Waals surface area contributed by atoms with Gasteiger partial charge in [-0.15, -0.1) is 0 Å². The number of amides is 1. The lowest BCUT2D eigenvalue weighted by molar-refractivity contribution is -0.114. The van der Waals surface area contributed by atoms with Crippen LogP contribution in [-0.4, -0.2) is 18.7 Å². The molecular weight excluding hydrogens is 475 g/mol. The van der Waals surface area contributed by atoms with Gasteiger partial charge in [-0.05, 0) is 64.8 Å². The molecule has 0 unspecified atom stereocenters. The molecule has 0 spiro atoms. The van der Waals surface area contributed by atoms with E-state index < -0.39 is 0 Å². The van der Waals surface area contributed by atoms with Crippen molar-refractivity contribution in [2.75, 3.05) is 12.1 Å². The largest absolute Gasteiger partial charge is 0.493 e. The Hall–Kier alpha value is -3.45. The summed E-state index contributed by atoms with van der Waals surface area (Å²) >= 11 is 3.51. The van der Waals surface area contributed by atoms with E-state index in [4.69, 9.17) is 9.47 Å². The molecule has 32 heavy (non-hydrogen) atoms. The number of hydrogen-bond acceptors (Lipinski definition) is 4. The number of methoxy groups -OCH3 is 1. The van der Waals surface area contributed by atoms with Crippen molar-refractivity contribution < 1.29 is 18.7 Å². The third kappa shape index (κ3) is 4.43. The first-order valence-electron chi connectivity index (χ1n) is 9.88. The third-order valence-electron chi connectivity index (χ3n) is 4.96. The molecule has 1 amide bonds. The summed E-state index contributed by atoms with van der Waals surface area (Å²) < 4.78 is 25.9. The number of halogens is 2. The minimum Gasteiger partial charge on any atom is -0.493 e.